The summed E-state index contributed by atoms with van der Waals surface area (Å²) in [7, 11) is 0. The number of aryl methyl sites for hydroxylation is 2. The van der Waals surface area contributed by atoms with Crippen LogP contribution < -0.4 is 10.9 Å². The molecule has 6 nitrogen and oxygen atoms in total. The van der Waals surface area contributed by atoms with Gasteiger partial charge in [0.1, 0.15) is 5.82 Å². The molecule has 2 aromatic heterocycles. The van der Waals surface area contributed by atoms with Crippen LogP contribution in [-0.4, -0.2) is 20.9 Å². The molecule has 3 N–H and O–H groups in total. The largest absolute Gasteiger partial charge is 0.354 e. The van der Waals surface area contributed by atoms with Crippen molar-refractivity contribution < 1.29 is 4.79 Å². The number of benzene rings is 2. The second-order valence-electron chi connectivity index (χ2n) is 6.99. The summed E-state index contributed by atoms with van der Waals surface area (Å²) < 4.78 is 0. The Morgan fingerprint density at radius 3 is 2.59 bits per heavy atom. The van der Waals surface area contributed by atoms with Gasteiger partial charge in [-0.25, -0.2) is 4.98 Å². The third-order valence-electron chi connectivity index (χ3n) is 4.95. The van der Waals surface area contributed by atoms with Gasteiger partial charge in [-0.1, -0.05) is 48.5 Å². The van der Waals surface area contributed by atoms with Crippen molar-refractivity contribution in [1.82, 2.24) is 20.3 Å². The predicted molar refractivity (Wildman–Crippen MR) is 113 cm³/mol. The van der Waals surface area contributed by atoms with Crippen molar-refractivity contribution >= 4 is 16.8 Å². The molecule has 0 aliphatic heterocycles. The van der Waals surface area contributed by atoms with E-state index in [4.69, 9.17) is 0 Å². The molecule has 0 bridgehead atoms. The zero-order valence-corrected chi connectivity index (χ0v) is 16.2. The summed E-state index contributed by atoms with van der Waals surface area (Å²) in [6.45, 7) is 1.89. The Morgan fingerprint density at radius 1 is 1.03 bits per heavy atom. The van der Waals surface area contributed by atoms with Crippen LogP contribution in [0.1, 0.15) is 23.4 Å². The quantitative estimate of drug-likeness (QED) is 0.474. The van der Waals surface area contributed by atoms with Crippen LogP contribution in [0.2, 0.25) is 0 Å². The lowest BCUT2D eigenvalue weighted by molar-refractivity contribution is -0.121. The van der Waals surface area contributed by atoms with Gasteiger partial charge in [0.25, 0.3) is 5.56 Å². The number of amides is 1. The SMILES string of the molecule is Cc1ncc(CNC(=O)CCc2c(-c3ccccc3)[nH]c3ccccc23)c(=O)[nH]1. The summed E-state index contributed by atoms with van der Waals surface area (Å²) in [5, 5.41) is 3.94. The monoisotopic (exact) mass is 386 g/mol. The molecule has 4 aromatic rings. The van der Waals surface area contributed by atoms with Crippen LogP contribution in [0.3, 0.4) is 0 Å². The molecule has 0 saturated heterocycles. The Bertz CT molecular complexity index is 1210. The number of aromatic amines is 2. The third-order valence-corrected chi connectivity index (χ3v) is 4.95. The minimum absolute atomic E-state index is 0.103. The molecule has 2 aromatic carbocycles. The number of para-hydroxylation sites is 1. The van der Waals surface area contributed by atoms with Gasteiger partial charge < -0.3 is 15.3 Å². The van der Waals surface area contributed by atoms with E-state index in [1.54, 1.807) is 6.92 Å². The van der Waals surface area contributed by atoms with Crippen molar-refractivity contribution in [3.8, 4) is 11.3 Å². The van der Waals surface area contributed by atoms with E-state index >= 15 is 0 Å². The minimum Gasteiger partial charge on any atom is -0.354 e. The fourth-order valence-corrected chi connectivity index (χ4v) is 3.47. The second-order valence-corrected chi connectivity index (χ2v) is 6.99. The number of hydrogen-bond acceptors (Lipinski definition) is 3. The molecule has 1 amide bonds. The van der Waals surface area contributed by atoms with Gasteiger partial charge in [-0.2, -0.15) is 0 Å². The Hall–Kier alpha value is -3.67. The molecule has 0 aliphatic carbocycles. The molecule has 0 aliphatic rings. The van der Waals surface area contributed by atoms with E-state index in [0.29, 0.717) is 24.2 Å². The first-order chi connectivity index (χ1) is 14.1. The molecule has 29 heavy (non-hydrogen) atoms. The van der Waals surface area contributed by atoms with Gasteiger partial charge in [0.05, 0.1) is 5.56 Å². The normalized spacial score (nSPS) is 10.9. The van der Waals surface area contributed by atoms with Crippen molar-refractivity contribution in [1.29, 1.82) is 0 Å². The van der Waals surface area contributed by atoms with Crippen molar-refractivity contribution in [3.63, 3.8) is 0 Å². The van der Waals surface area contributed by atoms with Crippen LogP contribution in [0.25, 0.3) is 22.2 Å². The number of fused-ring (bicyclic) bond motifs is 1. The maximum absolute atomic E-state index is 12.4. The lowest BCUT2D eigenvalue weighted by Gasteiger charge is -2.07. The molecule has 6 heteroatoms. The highest BCUT2D eigenvalue weighted by atomic mass is 16.1. The molecule has 2 heterocycles. The topological polar surface area (TPSA) is 90.6 Å². The number of nitrogens with one attached hydrogen (secondary N) is 3. The summed E-state index contributed by atoms with van der Waals surface area (Å²) in [6.07, 6.45) is 2.43. The number of aromatic nitrogens is 3. The highest BCUT2D eigenvalue weighted by Gasteiger charge is 2.14. The number of hydrogen-bond donors (Lipinski definition) is 3. The van der Waals surface area contributed by atoms with Gasteiger partial charge in [0.15, 0.2) is 0 Å². The fourth-order valence-electron chi connectivity index (χ4n) is 3.47. The van der Waals surface area contributed by atoms with Crippen molar-refractivity contribution in [2.24, 2.45) is 0 Å². The van der Waals surface area contributed by atoms with Crippen LogP contribution in [-0.2, 0) is 17.8 Å². The van der Waals surface area contributed by atoms with E-state index in [1.165, 1.54) is 6.20 Å². The van der Waals surface area contributed by atoms with Crippen molar-refractivity contribution in [2.45, 2.75) is 26.3 Å². The first-order valence-electron chi connectivity index (χ1n) is 9.58. The molecule has 0 spiro atoms. The molecule has 4 rings (SSSR count). The number of carbonyl (C=O) groups is 1. The number of carbonyl (C=O) groups excluding carboxylic acids is 1. The number of H-pyrrole nitrogens is 2. The maximum Gasteiger partial charge on any atom is 0.255 e. The van der Waals surface area contributed by atoms with E-state index in [2.05, 4.69) is 38.5 Å². The first-order valence-corrected chi connectivity index (χ1v) is 9.58. The highest BCUT2D eigenvalue weighted by Crippen LogP contribution is 2.31. The molecular formula is C23H22N4O2. The Morgan fingerprint density at radius 2 is 1.79 bits per heavy atom. The van der Waals surface area contributed by atoms with Gasteiger partial charge in [-0.15, -0.1) is 0 Å². The average molecular weight is 386 g/mol. The van der Waals surface area contributed by atoms with E-state index in [-0.39, 0.29) is 18.0 Å². The summed E-state index contributed by atoms with van der Waals surface area (Å²) in [4.78, 5) is 34.5. The van der Waals surface area contributed by atoms with Gasteiger partial charge in [0, 0.05) is 35.8 Å². The van der Waals surface area contributed by atoms with E-state index in [0.717, 1.165) is 27.7 Å². The molecule has 146 valence electrons. The molecule has 0 atom stereocenters. The molecule has 0 unspecified atom stereocenters. The molecule has 0 fully saturated rings. The predicted octanol–water partition coefficient (Wildman–Crippen LogP) is 3.48. The van der Waals surface area contributed by atoms with Crippen LogP contribution >= 0.6 is 0 Å². The third kappa shape index (κ3) is 4.11. The van der Waals surface area contributed by atoms with Gasteiger partial charge in [-0.05, 0) is 30.5 Å². The van der Waals surface area contributed by atoms with Gasteiger partial charge >= 0.3 is 0 Å². The zero-order valence-electron chi connectivity index (χ0n) is 16.2. The second kappa shape index (κ2) is 8.14. The molecule has 0 radical (unpaired) electrons. The molecular weight excluding hydrogens is 364 g/mol. The Labute approximate surface area is 168 Å². The lowest BCUT2D eigenvalue weighted by Crippen LogP contribution is -2.27. The van der Waals surface area contributed by atoms with Gasteiger partial charge in [-0.3, -0.25) is 9.59 Å². The first kappa shape index (κ1) is 18.7. The summed E-state index contributed by atoms with van der Waals surface area (Å²) in [5.74, 6) is 0.451. The standard InChI is InChI=1S/C23H22N4O2/c1-15-24-13-17(23(29)26-15)14-25-21(28)12-11-19-18-9-5-6-10-20(18)27-22(19)16-7-3-2-4-8-16/h2-10,13,27H,11-12,14H2,1H3,(H,25,28)(H,24,26,29). The number of rotatable bonds is 6. The van der Waals surface area contributed by atoms with Crippen molar-refractivity contribution in [2.75, 3.05) is 0 Å². The summed E-state index contributed by atoms with van der Waals surface area (Å²) >= 11 is 0. The number of nitrogens with zero attached hydrogens (tertiary/aromatic N) is 1. The van der Waals surface area contributed by atoms with E-state index in [1.807, 2.05) is 36.4 Å². The summed E-state index contributed by atoms with van der Waals surface area (Å²) in [5.41, 5.74) is 4.53. The van der Waals surface area contributed by atoms with Crippen LogP contribution in [0.4, 0.5) is 0 Å². The summed E-state index contributed by atoms with van der Waals surface area (Å²) in [6, 6.07) is 18.2. The highest BCUT2D eigenvalue weighted by molar-refractivity contribution is 5.91. The van der Waals surface area contributed by atoms with Crippen LogP contribution in [0, 0.1) is 6.92 Å². The average Bonchev–Trinajstić information content (AvgIpc) is 3.11. The van der Waals surface area contributed by atoms with E-state index < -0.39 is 0 Å². The van der Waals surface area contributed by atoms with Crippen LogP contribution in [0.15, 0.2) is 65.6 Å². The Kier molecular flexibility index (Phi) is 5.24. The maximum atomic E-state index is 12.4. The van der Waals surface area contributed by atoms with Crippen LogP contribution in [0.5, 0.6) is 0 Å². The van der Waals surface area contributed by atoms with Crippen molar-refractivity contribution in [3.05, 3.63) is 88.1 Å². The Balaban J connectivity index is 1.50. The zero-order chi connectivity index (χ0) is 20.2. The smallest absolute Gasteiger partial charge is 0.255 e. The lowest BCUT2D eigenvalue weighted by atomic mass is 10.0. The fraction of sp³-hybridized carbons (Fsp3) is 0.174. The van der Waals surface area contributed by atoms with E-state index in [9.17, 15) is 9.59 Å². The molecule has 0 saturated carbocycles. The minimum atomic E-state index is -0.221. The van der Waals surface area contributed by atoms with Gasteiger partial charge in [0.2, 0.25) is 5.91 Å².